The van der Waals surface area contributed by atoms with Crippen molar-refractivity contribution in [3.05, 3.63) is 35.4 Å². The van der Waals surface area contributed by atoms with E-state index < -0.39 is 0 Å². The third-order valence-electron chi connectivity index (χ3n) is 3.01. The standard InChI is InChI=1S/C15H25NS/c1-4-14-7-9-15(10-8-14)13(3)16-11-6-12-17-5-2/h7-10,13,16H,4-6,11-12H2,1-3H3. The summed E-state index contributed by atoms with van der Waals surface area (Å²) in [5.41, 5.74) is 2.81. The molecule has 0 aliphatic carbocycles. The maximum absolute atomic E-state index is 3.58. The lowest BCUT2D eigenvalue weighted by molar-refractivity contribution is 0.572. The average molecular weight is 251 g/mol. The number of aryl methyl sites for hydroxylation is 1. The molecule has 0 fully saturated rings. The zero-order chi connectivity index (χ0) is 12.5. The maximum atomic E-state index is 3.58. The van der Waals surface area contributed by atoms with Crippen molar-refractivity contribution < 1.29 is 0 Å². The molecule has 0 amide bonds. The molecule has 0 saturated carbocycles. The van der Waals surface area contributed by atoms with Crippen LogP contribution in [0.4, 0.5) is 0 Å². The van der Waals surface area contributed by atoms with E-state index in [4.69, 9.17) is 0 Å². The number of rotatable bonds is 8. The largest absolute Gasteiger partial charge is 0.310 e. The average Bonchev–Trinajstić information content (AvgIpc) is 2.38. The van der Waals surface area contributed by atoms with Crippen LogP contribution in [0.15, 0.2) is 24.3 Å². The van der Waals surface area contributed by atoms with Gasteiger partial charge in [0.05, 0.1) is 0 Å². The molecule has 1 N–H and O–H groups in total. The predicted molar refractivity (Wildman–Crippen MR) is 79.9 cm³/mol. The Morgan fingerprint density at radius 2 is 1.88 bits per heavy atom. The van der Waals surface area contributed by atoms with E-state index >= 15 is 0 Å². The van der Waals surface area contributed by atoms with Crippen LogP contribution in [0.2, 0.25) is 0 Å². The van der Waals surface area contributed by atoms with Crippen LogP contribution in [0.5, 0.6) is 0 Å². The zero-order valence-electron chi connectivity index (χ0n) is 11.3. The quantitative estimate of drug-likeness (QED) is 0.700. The molecule has 1 unspecified atom stereocenters. The van der Waals surface area contributed by atoms with Crippen LogP contribution in [-0.2, 0) is 6.42 Å². The van der Waals surface area contributed by atoms with E-state index in [0.29, 0.717) is 6.04 Å². The summed E-state index contributed by atoms with van der Waals surface area (Å²) in [6.45, 7) is 7.77. The lowest BCUT2D eigenvalue weighted by Gasteiger charge is -2.14. The van der Waals surface area contributed by atoms with Gasteiger partial charge in [0, 0.05) is 6.04 Å². The molecule has 17 heavy (non-hydrogen) atoms. The molecule has 0 radical (unpaired) electrons. The summed E-state index contributed by atoms with van der Waals surface area (Å²) >= 11 is 2.02. The second-order valence-electron chi connectivity index (χ2n) is 4.32. The van der Waals surface area contributed by atoms with E-state index in [1.807, 2.05) is 11.8 Å². The Balaban J connectivity index is 2.28. The number of nitrogens with one attached hydrogen (secondary N) is 1. The van der Waals surface area contributed by atoms with Gasteiger partial charge in [0.2, 0.25) is 0 Å². The van der Waals surface area contributed by atoms with Gasteiger partial charge in [0.25, 0.3) is 0 Å². The molecule has 1 nitrogen and oxygen atoms in total. The van der Waals surface area contributed by atoms with Crippen LogP contribution in [-0.4, -0.2) is 18.1 Å². The van der Waals surface area contributed by atoms with Crippen molar-refractivity contribution >= 4 is 11.8 Å². The highest BCUT2D eigenvalue weighted by Gasteiger charge is 2.03. The van der Waals surface area contributed by atoms with Gasteiger partial charge in [0.15, 0.2) is 0 Å². The van der Waals surface area contributed by atoms with E-state index in [9.17, 15) is 0 Å². The Kier molecular flexibility index (Phi) is 7.38. The van der Waals surface area contributed by atoms with Crippen molar-refractivity contribution in [3.63, 3.8) is 0 Å². The molecule has 1 aromatic rings. The topological polar surface area (TPSA) is 12.0 Å². The molecule has 0 saturated heterocycles. The van der Waals surface area contributed by atoms with Gasteiger partial charge in [-0.3, -0.25) is 0 Å². The third-order valence-corrected chi connectivity index (χ3v) is 3.99. The molecule has 1 atom stereocenters. The van der Waals surface area contributed by atoms with Gasteiger partial charge >= 0.3 is 0 Å². The van der Waals surface area contributed by atoms with E-state index in [0.717, 1.165) is 13.0 Å². The van der Waals surface area contributed by atoms with Gasteiger partial charge in [-0.2, -0.15) is 11.8 Å². The fraction of sp³-hybridized carbons (Fsp3) is 0.600. The molecular weight excluding hydrogens is 226 g/mol. The number of hydrogen-bond donors (Lipinski definition) is 1. The van der Waals surface area contributed by atoms with Gasteiger partial charge in [-0.25, -0.2) is 0 Å². The minimum atomic E-state index is 0.465. The molecule has 0 aliphatic rings. The van der Waals surface area contributed by atoms with Crippen molar-refractivity contribution in [1.82, 2.24) is 5.32 Å². The van der Waals surface area contributed by atoms with Gasteiger partial charge in [-0.1, -0.05) is 38.1 Å². The zero-order valence-corrected chi connectivity index (χ0v) is 12.1. The highest BCUT2D eigenvalue weighted by atomic mass is 32.2. The van der Waals surface area contributed by atoms with Crippen LogP contribution in [0.1, 0.15) is 44.4 Å². The highest BCUT2D eigenvalue weighted by molar-refractivity contribution is 7.99. The summed E-state index contributed by atoms with van der Waals surface area (Å²) in [4.78, 5) is 0. The SMILES string of the molecule is CCSCCCNC(C)c1ccc(CC)cc1. The van der Waals surface area contributed by atoms with Crippen molar-refractivity contribution in [2.75, 3.05) is 18.1 Å². The van der Waals surface area contributed by atoms with Crippen LogP contribution < -0.4 is 5.32 Å². The van der Waals surface area contributed by atoms with Crippen LogP contribution in [0.25, 0.3) is 0 Å². The summed E-state index contributed by atoms with van der Waals surface area (Å²) in [5.74, 6) is 2.50. The normalized spacial score (nSPS) is 12.6. The van der Waals surface area contributed by atoms with Crippen LogP contribution in [0.3, 0.4) is 0 Å². The van der Waals surface area contributed by atoms with Crippen molar-refractivity contribution in [2.45, 2.75) is 39.7 Å². The van der Waals surface area contributed by atoms with E-state index in [2.05, 4.69) is 50.4 Å². The summed E-state index contributed by atoms with van der Waals surface area (Å²) in [6.07, 6.45) is 2.38. The molecule has 96 valence electrons. The van der Waals surface area contributed by atoms with Gasteiger partial charge in [0.1, 0.15) is 0 Å². The molecule has 2 heteroatoms. The Bertz CT molecular complexity index is 294. The van der Waals surface area contributed by atoms with Crippen molar-refractivity contribution in [3.8, 4) is 0 Å². The van der Waals surface area contributed by atoms with Gasteiger partial charge in [-0.15, -0.1) is 0 Å². The molecule has 1 aromatic carbocycles. The number of hydrogen-bond acceptors (Lipinski definition) is 2. The van der Waals surface area contributed by atoms with Crippen molar-refractivity contribution in [1.29, 1.82) is 0 Å². The first-order chi connectivity index (χ1) is 8.27. The molecular formula is C15H25NS. The summed E-state index contributed by atoms with van der Waals surface area (Å²) < 4.78 is 0. The maximum Gasteiger partial charge on any atom is 0.0291 e. The first-order valence-corrected chi connectivity index (χ1v) is 7.83. The second-order valence-corrected chi connectivity index (χ2v) is 5.72. The molecule has 1 rings (SSSR count). The summed E-state index contributed by atoms with van der Waals surface area (Å²) in [6, 6.07) is 9.43. The van der Waals surface area contributed by atoms with E-state index in [1.165, 1.54) is 29.1 Å². The molecule has 0 bridgehead atoms. The highest BCUT2D eigenvalue weighted by Crippen LogP contribution is 2.13. The number of benzene rings is 1. The fourth-order valence-electron chi connectivity index (χ4n) is 1.80. The lowest BCUT2D eigenvalue weighted by Crippen LogP contribution is -2.20. The van der Waals surface area contributed by atoms with E-state index in [-0.39, 0.29) is 0 Å². The Labute approximate surface area is 110 Å². The Morgan fingerprint density at radius 1 is 1.18 bits per heavy atom. The summed E-state index contributed by atoms with van der Waals surface area (Å²) in [7, 11) is 0. The first kappa shape index (κ1) is 14.6. The summed E-state index contributed by atoms with van der Waals surface area (Å²) in [5, 5.41) is 3.58. The minimum absolute atomic E-state index is 0.465. The molecule has 0 aromatic heterocycles. The predicted octanol–water partition coefficient (Wildman–Crippen LogP) is 4.04. The lowest BCUT2D eigenvalue weighted by atomic mass is 10.1. The number of thioether (sulfide) groups is 1. The van der Waals surface area contributed by atoms with Crippen molar-refractivity contribution in [2.24, 2.45) is 0 Å². The Morgan fingerprint density at radius 3 is 2.47 bits per heavy atom. The monoisotopic (exact) mass is 251 g/mol. The van der Waals surface area contributed by atoms with E-state index in [1.54, 1.807) is 0 Å². The third kappa shape index (κ3) is 5.60. The smallest absolute Gasteiger partial charge is 0.0291 e. The molecule has 0 aliphatic heterocycles. The molecule has 0 heterocycles. The first-order valence-electron chi connectivity index (χ1n) is 6.67. The minimum Gasteiger partial charge on any atom is -0.310 e. The van der Waals surface area contributed by atoms with Crippen LogP contribution >= 0.6 is 11.8 Å². The molecule has 0 spiro atoms. The fourth-order valence-corrected chi connectivity index (χ4v) is 2.43. The van der Waals surface area contributed by atoms with Gasteiger partial charge in [-0.05, 0) is 48.9 Å². The Hall–Kier alpha value is -0.470. The second kappa shape index (κ2) is 8.60. The van der Waals surface area contributed by atoms with Gasteiger partial charge < -0.3 is 5.32 Å². The van der Waals surface area contributed by atoms with Crippen LogP contribution in [0, 0.1) is 0 Å².